The van der Waals surface area contributed by atoms with Crippen molar-refractivity contribution in [1.29, 1.82) is 0 Å². The highest BCUT2D eigenvalue weighted by molar-refractivity contribution is 8.01. The molecule has 0 aromatic heterocycles. The van der Waals surface area contributed by atoms with E-state index in [4.69, 9.17) is 5.73 Å². The van der Waals surface area contributed by atoms with Crippen LogP contribution in [0.5, 0.6) is 0 Å². The lowest BCUT2D eigenvalue weighted by Gasteiger charge is -2.31. The van der Waals surface area contributed by atoms with Gasteiger partial charge in [-0.15, -0.1) is 11.8 Å². The third-order valence-corrected chi connectivity index (χ3v) is 6.17. The van der Waals surface area contributed by atoms with Gasteiger partial charge in [0.2, 0.25) is 11.8 Å². The van der Waals surface area contributed by atoms with Crippen molar-refractivity contribution in [2.75, 3.05) is 25.4 Å². The number of nitrogens with two attached hydrogens (primary N) is 1. The van der Waals surface area contributed by atoms with Gasteiger partial charge in [-0.25, -0.2) is 0 Å². The second-order valence-corrected chi connectivity index (χ2v) is 7.44. The smallest absolute Gasteiger partial charge is 0.246 e. The molecule has 6 heteroatoms. The van der Waals surface area contributed by atoms with Crippen LogP contribution in [0.1, 0.15) is 26.2 Å². The summed E-state index contributed by atoms with van der Waals surface area (Å²) in [5.41, 5.74) is 5.67. The van der Waals surface area contributed by atoms with Gasteiger partial charge in [0, 0.05) is 25.3 Å². The summed E-state index contributed by atoms with van der Waals surface area (Å²) >= 11 is 1.75. The first kappa shape index (κ1) is 13.2. The molecule has 106 valence electrons. The number of amides is 2. The van der Waals surface area contributed by atoms with Crippen LogP contribution in [0, 0.1) is 5.92 Å². The van der Waals surface area contributed by atoms with E-state index < -0.39 is 0 Å². The van der Waals surface area contributed by atoms with Crippen LogP contribution in [-0.2, 0) is 9.59 Å². The lowest BCUT2D eigenvalue weighted by molar-refractivity contribution is -0.143. The Morgan fingerprint density at radius 2 is 2.37 bits per heavy atom. The fourth-order valence-corrected chi connectivity index (χ4v) is 4.86. The summed E-state index contributed by atoms with van der Waals surface area (Å²) < 4.78 is 0. The van der Waals surface area contributed by atoms with Crippen LogP contribution in [0.2, 0.25) is 0 Å². The number of carbonyl (C=O) groups is 2. The maximum atomic E-state index is 12.6. The highest BCUT2D eigenvalue weighted by Gasteiger charge is 2.53. The van der Waals surface area contributed by atoms with E-state index in [1.807, 2.05) is 9.80 Å². The van der Waals surface area contributed by atoms with E-state index in [9.17, 15) is 9.59 Å². The van der Waals surface area contributed by atoms with Crippen LogP contribution in [-0.4, -0.2) is 57.9 Å². The minimum Gasteiger partial charge on any atom is -0.341 e. The number of hydrogen-bond acceptors (Lipinski definition) is 4. The van der Waals surface area contributed by atoms with E-state index in [2.05, 4.69) is 6.92 Å². The van der Waals surface area contributed by atoms with E-state index in [1.54, 1.807) is 11.8 Å². The van der Waals surface area contributed by atoms with Gasteiger partial charge in [-0.2, -0.15) is 0 Å². The topological polar surface area (TPSA) is 66.6 Å². The maximum Gasteiger partial charge on any atom is 0.246 e. The summed E-state index contributed by atoms with van der Waals surface area (Å²) in [5.74, 6) is 1.44. The van der Waals surface area contributed by atoms with Gasteiger partial charge in [-0.05, 0) is 32.2 Å². The summed E-state index contributed by atoms with van der Waals surface area (Å²) in [7, 11) is 0. The van der Waals surface area contributed by atoms with Crippen LogP contribution < -0.4 is 5.73 Å². The Bertz CT molecular complexity index is 417. The summed E-state index contributed by atoms with van der Waals surface area (Å²) in [6.45, 7) is 4.28. The number of thioether (sulfide) groups is 1. The zero-order valence-corrected chi connectivity index (χ0v) is 12.1. The number of carbonyl (C=O) groups excluding carboxylic acids is 2. The average Bonchev–Trinajstić information content (AvgIpc) is 3.05. The molecule has 3 unspecified atom stereocenters. The third kappa shape index (κ3) is 2.05. The molecule has 3 aliphatic heterocycles. The predicted octanol–water partition coefficient (Wildman–Crippen LogP) is 0.248. The van der Waals surface area contributed by atoms with Crippen molar-refractivity contribution in [3.05, 3.63) is 0 Å². The molecule has 0 radical (unpaired) electrons. The number of hydrogen-bond donors (Lipinski definition) is 1. The van der Waals surface area contributed by atoms with Crippen molar-refractivity contribution < 1.29 is 9.59 Å². The van der Waals surface area contributed by atoms with Crippen LogP contribution in [0.4, 0.5) is 0 Å². The lowest BCUT2D eigenvalue weighted by atomic mass is 10.1. The molecule has 19 heavy (non-hydrogen) atoms. The zero-order valence-electron chi connectivity index (χ0n) is 11.3. The van der Waals surface area contributed by atoms with Gasteiger partial charge in [-0.3, -0.25) is 9.59 Å². The van der Waals surface area contributed by atoms with E-state index in [1.165, 1.54) is 0 Å². The molecular formula is C13H21N3O2S. The summed E-state index contributed by atoms with van der Waals surface area (Å²) in [5, 5.41) is 0. The molecule has 0 saturated carbocycles. The molecular weight excluding hydrogens is 262 g/mol. The first-order valence-corrected chi connectivity index (χ1v) is 7.99. The van der Waals surface area contributed by atoms with Gasteiger partial charge >= 0.3 is 0 Å². The second kappa shape index (κ2) is 4.66. The molecule has 0 aromatic carbocycles. The number of likely N-dealkylation sites (tertiary alicyclic amines) is 1. The van der Waals surface area contributed by atoms with Crippen molar-refractivity contribution in [2.24, 2.45) is 11.7 Å². The monoisotopic (exact) mass is 283 g/mol. The third-order valence-electron chi connectivity index (χ3n) is 4.66. The quantitative estimate of drug-likeness (QED) is 0.789. The molecule has 3 fully saturated rings. The SMILES string of the molecule is CC12CCC(=O)N1C(C(=O)N1CCC(CN)C1)CS2. The second-order valence-electron chi connectivity index (χ2n) is 5.94. The van der Waals surface area contributed by atoms with Crippen LogP contribution in [0.3, 0.4) is 0 Å². The first-order valence-electron chi connectivity index (χ1n) is 7.00. The molecule has 0 aliphatic carbocycles. The zero-order chi connectivity index (χ0) is 13.6. The molecule has 2 N–H and O–H groups in total. The predicted molar refractivity (Wildman–Crippen MR) is 74.5 cm³/mol. The largest absolute Gasteiger partial charge is 0.341 e. The van der Waals surface area contributed by atoms with E-state index >= 15 is 0 Å². The van der Waals surface area contributed by atoms with Gasteiger partial charge in [0.15, 0.2) is 0 Å². The Hall–Kier alpha value is -0.750. The molecule has 2 amide bonds. The molecule has 3 atom stereocenters. The van der Waals surface area contributed by atoms with E-state index in [0.29, 0.717) is 18.9 Å². The van der Waals surface area contributed by atoms with Crippen LogP contribution in [0.25, 0.3) is 0 Å². The summed E-state index contributed by atoms with van der Waals surface area (Å²) in [4.78, 5) is 28.2. The molecule has 0 spiro atoms. The Morgan fingerprint density at radius 3 is 3.05 bits per heavy atom. The van der Waals surface area contributed by atoms with Crippen molar-refractivity contribution in [3.8, 4) is 0 Å². The van der Waals surface area contributed by atoms with Gasteiger partial charge in [0.05, 0.1) is 4.87 Å². The fourth-order valence-electron chi connectivity index (χ4n) is 3.44. The first-order chi connectivity index (χ1) is 9.05. The molecule has 3 aliphatic rings. The van der Waals surface area contributed by atoms with Gasteiger partial charge in [-0.1, -0.05) is 0 Å². The maximum absolute atomic E-state index is 12.6. The van der Waals surface area contributed by atoms with Crippen LogP contribution >= 0.6 is 11.8 Å². The van der Waals surface area contributed by atoms with Crippen molar-refractivity contribution in [3.63, 3.8) is 0 Å². The van der Waals surface area contributed by atoms with Crippen LogP contribution in [0.15, 0.2) is 0 Å². The molecule has 0 aromatic rings. The molecule has 0 bridgehead atoms. The van der Waals surface area contributed by atoms with Crippen molar-refractivity contribution >= 4 is 23.6 Å². The Balaban J connectivity index is 1.73. The molecule has 3 heterocycles. The Labute approximate surface area is 117 Å². The molecule has 3 rings (SSSR count). The highest BCUT2D eigenvalue weighted by atomic mass is 32.2. The molecule has 5 nitrogen and oxygen atoms in total. The minimum absolute atomic E-state index is 0.127. The normalized spacial score (nSPS) is 38.1. The van der Waals surface area contributed by atoms with Gasteiger partial charge < -0.3 is 15.5 Å². The average molecular weight is 283 g/mol. The lowest BCUT2D eigenvalue weighted by Crippen LogP contribution is -2.51. The number of rotatable bonds is 2. The minimum atomic E-state index is -0.249. The standard InChI is InChI=1S/C13H21N3O2S/c1-13-4-2-11(17)16(13)10(8-19-13)12(18)15-5-3-9(6-14)7-15/h9-10H,2-8,14H2,1H3. The number of fused-ring (bicyclic) bond motifs is 1. The van der Waals surface area contributed by atoms with Crippen molar-refractivity contribution in [1.82, 2.24) is 9.80 Å². The Morgan fingerprint density at radius 1 is 1.58 bits per heavy atom. The van der Waals surface area contributed by atoms with Gasteiger partial charge in [0.25, 0.3) is 0 Å². The van der Waals surface area contributed by atoms with Crippen molar-refractivity contribution in [2.45, 2.75) is 37.1 Å². The summed E-state index contributed by atoms with van der Waals surface area (Å²) in [6.07, 6.45) is 2.44. The van der Waals surface area contributed by atoms with Gasteiger partial charge in [0.1, 0.15) is 6.04 Å². The molecule has 3 saturated heterocycles. The van der Waals surface area contributed by atoms with E-state index in [-0.39, 0.29) is 22.7 Å². The highest BCUT2D eigenvalue weighted by Crippen LogP contribution is 2.47. The number of nitrogens with zero attached hydrogens (tertiary/aromatic N) is 2. The fraction of sp³-hybridized carbons (Fsp3) is 0.846. The van der Waals surface area contributed by atoms with E-state index in [0.717, 1.165) is 31.7 Å². The Kier molecular flexibility index (Phi) is 3.25. The summed E-state index contributed by atoms with van der Waals surface area (Å²) in [6, 6.07) is -0.249.